The van der Waals surface area contributed by atoms with E-state index in [9.17, 15) is 0 Å². The monoisotopic (exact) mass is 265 g/mol. The zero-order chi connectivity index (χ0) is 13.9. The molecule has 100 valence electrons. The van der Waals surface area contributed by atoms with E-state index in [1.165, 1.54) is 18.0 Å². The number of aromatic nitrogens is 3. The molecule has 0 fully saturated rings. The molecule has 0 atom stereocenters. The molecule has 0 aliphatic rings. The van der Waals surface area contributed by atoms with Crippen LogP contribution in [0.1, 0.15) is 0 Å². The predicted octanol–water partition coefficient (Wildman–Crippen LogP) is 3.92. The number of H-pyrrole nitrogens is 1. The second kappa shape index (κ2) is 8.26. The standard InChI is InChI=1S/C9H7N.C4H5N.C3H3NO/c1-2-6-9-8(4-1)5-3-7-10-9;1-2-4-5-3-1;1-2-5-3-4-1/h1-7H;1-5H;1-3H. The van der Waals surface area contributed by atoms with Crippen molar-refractivity contribution in [1.82, 2.24) is 15.0 Å². The zero-order valence-corrected chi connectivity index (χ0v) is 10.9. The highest BCUT2D eigenvalue weighted by Crippen LogP contribution is 2.07. The molecule has 4 rings (SSSR count). The van der Waals surface area contributed by atoms with Gasteiger partial charge in [0.2, 0.25) is 0 Å². The molecular weight excluding hydrogens is 250 g/mol. The van der Waals surface area contributed by atoms with Gasteiger partial charge in [-0.2, -0.15) is 0 Å². The molecule has 0 saturated carbocycles. The van der Waals surface area contributed by atoms with Crippen LogP contribution < -0.4 is 0 Å². The first-order valence-electron chi connectivity index (χ1n) is 6.16. The van der Waals surface area contributed by atoms with E-state index in [2.05, 4.69) is 31.5 Å². The first kappa shape index (κ1) is 13.5. The highest BCUT2D eigenvalue weighted by atomic mass is 16.3. The molecule has 0 radical (unpaired) electrons. The molecule has 4 nitrogen and oxygen atoms in total. The first-order valence-corrected chi connectivity index (χ1v) is 6.16. The van der Waals surface area contributed by atoms with Gasteiger partial charge in [-0.3, -0.25) is 4.98 Å². The summed E-state index contributed by atoms with van der Waals surface area (Å²) in [6.07, 6.45) is 10.0. The Hall–Kier alpha value is -2.88. The number of pyridine rings is 1. The van der Waals surface area contributed by atoms with Crippen molar-refractivity contribution in [2.75, 3.05) is 0 Å². The van der Waals surface area contributed by atoms with E-state index in [4.69, 9.17) is 0 Å². The fourth-order valence-electron chi connectivity index (χ4n) is 1.47. The van der Waals surface area contributed by atoms with E-state index in [1.807, 2.05) is 55.0 Å². The molecule has 1 aromatic carbocycles. The van der Waals surface area contributed by atoms with Gasteiger partial charge in [0.1, 0.15) is 6.26 Å². The number of rotatable bonds is 0. The van der Waals surface area contributed by atoms with Crippen LogP contribution in [-0.4, -0.2) is 15.0 Å². The van der Waals surface area contributed by atoms with Gasteiger partial charge in [-0.05, 0) is 24.3 Å². The summed E-state index contributed by atoms with van der Waals surface area (Å²) in [5, 5.41) is 1.20. The summed E-state index contributed by atoms with van der Waals surface area (Å²) in [7, 11) is 0. The van der Waals surface area contributed by atoms with Gasteiger partial charge >= 0.3 is 0 Å². The predicted molar refractivity (Wildman–Crippen MR) is 79.0 cm³/mol. The minimum Gasteiger partial charge on any atom is -0.452 e. The summed E-state index contributed by atoms with van der Waals surface area (Å²) in [6, 6.07) is 16.0. The van der Waals surface area contributed by atoms with Crippen molar-refractivity contribution in [3.63, 3.8) is 0 Å². The minimum atomic E-state index is 1.06. The van der Waals surface area contributed by atoms with Gasteiger partial charge in [0, 0.05) is 24.0 Å². The lowest BCUT2D eigenvalue weighted by atomic mass is 10.2. The Morgan fingerprint density at radius 3 is 2.20 bits per heavy atom. The smallest absolute Gasteiger partial charge is 0.180 e. The molecule has 3 heterocycles. The topological polar surface area (TPSA) is 54.7 Å². The number of para-hydroxylation sites is 1. The van der Waals surface area contributed by atoms with E-state index >= 15 is 0 Å². The summed E-state index contributed by atoms with van der Waals surface area (Å²) < 4.78 is 4.47. The number of hydrogen-bond acceptors (Lipinski definition) is 3. The summed E-state index contributed by atoms with van der Waals surface area (Å²) in [5.41, 5.74) is 1.06. The van der Waals surface area contributed by atoms with E-state index < -0.39 is 0 Å². The Morgan fingerprint density at radius 1 is 0.850 bits per heavy atom. The third-order valence-electron chi connectivity index (χ3n) is 2.36. The lowest BCUT2D eigenvalue weighted by molar-refractivity contribution is 0.558. The number of oxazole rings is 1. The van der Waals surface area contributed by atoms with Crippen LogP contribution in [0.2, 0.25) is 0 Å². The fraction of sp³-hybridized carbons (Fsp3) is 0. The molecule has 0 saturated heterocycles. The second-order valence-corrected chi connectivity index (χ2v) is 3.76. The van der Waals surface area contributed by atoms with Crippen molar-refractivity contribution in [3.05, 3.63) is 86.0 Å². The van der Waals surface area contributed by atoms with Crippen LogP contribution >= 0.6 is 0 Å². The molecule has 4 heteroatoms. The molecule has 20 heavy (non-hydrogen) atoms. The van der Waals surface area contributed by atoms with Crippen LogP contribution in [0.15, 0.2) is 90.4 Å². The highest BCUT2D eigenvalue weighted by molar-refractivity contribution is 5.77. The zero-order valence-electron chi connectivity index (χ0n) is 10.9. The number of hydrogen-bond donors (Lipinski definition) is 1. The quantitative estimate of drug-likeness (QED) is 0.524. The van der Waals surface area contributed by atoms with Crippen LogP contribution in [0, 0.1) is 0 Å². The highest BCUT2D eigenvalue weighted by Gasteiger charge is 1.86. The average molecular weight is 265 g/mol. The summed E-state index contributed by atoms with van der Waals surface area (Å²) in [5.74, 6) is 0. The fourth-order valence-corrected chi connectivity index (χ4v) is 1.47. The molecule has 3 aromatic heterocycles. The van der Waals surface area contributed by atoms with Gasteiger partial charge in [-0.1, -0.05) is 24.3 Å². The van der Waals surface area contributed by atoms with Gasteiger partial charge in [-0.15, -0.1) is 0 Å². The van der Waals surface area contributed by atoms with Crippen molar-refractivity contribution in [3.8, 4) is 0 Å². The lowest BCUT2D eigenvalue weighted by Gasteiger charge is -1.91. The Kier molecular flexibility index (Phi) is 5.60. The Morgan fingerprint density at radius 2 is 1.65 bits per heavy atom. The second-order valence-electron chi connectivity index (χ2n) is 3.76. The van der Waals surface area contributed by atoms with E-state index in [0.29, 0.717) is 0 Å². The summed E-state index contributed by atoms with van der Waals surface area (Å²) in [4.78, 5) is 10.6. The first-order chi connectivity index (χ1) is 9.97. The molecule has 0 bridgehead atoms. The third-order valence-corrected chi connectivity index (χ3v) is 2.36. The maximum atomic E-state index is 4.47. The summed E-state index contributed by atoms with van der Waals surface area (Å²) >= 11 is 0. The maximum Gasteiger partial charge on any atom is 0.180 e. The molecule has 0 aliphatic carbocycles. The Bertz CT molecular complexity index is 550. The lowest BCUT2D eigenvalue weighted by Crippen LogP contribution is -1.73. The van der Waals surface area contributed by atoms with Crippen molar-refractivity contribution in [2.45, 2.75) is 0 Å². The third kappa shape index (κ3) is 4.78. The number of benzene rings is 1. The van der Waals surface area contributed by atoms with Crippen molar-refractivity contribution < 1.29 is 4.42 Å². The Balaban J connectivity index is 0.000000124. The number of nitrogens with zero attached hydrogens (tertiary/aromatic N) is 2. The van der Waals surface area contributed by atoms with Crippen molar-refractivity contribution in [2.24, 2.45) is 0 Å². The van der Waals surface area contributed by atoms with Gasteiger partial charge < -0.3 is 9.40 Å². The van der Waals surface area contributed by atoms with Gasteiger partial charge in [0.25, 0.3) is 0 Å². The van der Waals surface area contributed by atoms with Crippen molar-refractivity contribution >= 4 is 10.9 Å². The largest absolute Gasteiger partial charge is 0.452 e. The van der Waals surface area contributed by atoms with Gasteiger partial charge in [0.15, 0.2) is 6.39 Å². The number of aromatic amines is 1. The van der Waals surface area contributed by atoms with Crippen molar-refractivity contribution in [1.29, 1.82) is 0 Å². The molecule has 4 aromatic rings. The van der Waals surface area contributed by atoms with Crippen LogP contribution in [0.3, 0.4) is 0 Å². The number of nitrogens with one attached hydrogen (secondary N) is 1. The SMILES string of the molecule is c1cc[nH]c1.c1ccc2ncccc2c1.c1cocn1. The molecule has 1 N–H and O–H groups in total. The average Bonchev–Trinajstić information content (AvgIpc) is 3.25. The normalized spacial score (nSPS) is 9.00. The maximum absolute atomic E-state index is 4.47. The van der Waals surface area contributed by atoms with Crippen LogP contribution in [-0.2, 0) is 0 Å². The summed E-state index contributed by atoms with van der Waals surface area (Å²) in [6.45, 7) is 0. The molecule has 0 amide bonds. The van der Waals surface area contributed by atoms with Crippen LogP contribution in [0.25, 0.3) is 10.9 Å². The molecule has 0 unspecified atom stereocenters. The Labute approximate surface area is 117 Å². The van der Waals surface area contributed by atoms with Gasteiger partial charge in [0.05, 0.1) is 11.7 Å². The molecular formula is C16H15N3O. The molecule has 0 aliphatic heterocycles. The molecule has 0 spiro atoms. The van der Waals surface area contributed by atoms with Gasteiger partial charge in [-0.25, -0.2) is 4.98 Å². The van der Waals surface area contributed by atoms with Crippen LogP contribution in [0.5, 0.6) is 0 Å². The minimum absolute atomic E-state index is 1.06. The van der Waals surface area contributed by atoms with E-state index in [-0.39, 0.29) is 0 Å². The van der Waals surface area contributed by atoms with Crippen LogP contribution in [0.4, 0.5) is 0 Å². The van der Waals surface area contributed by atoms with E-state index in [1.54, 1.807) is 6.20 Å². The number of fused-ring (bicyclic) bond motifs is 1. The van der Waals surface area contributed by atoms with E-state index in [0.717, 1.165) is 5.52 Å².